The number of nitrogens with zero attached hydrogens (tertiary/aromatic N) is 2. The van der Waals surface area contributed by atoms with E-state index < -0.39 is 11.0 Å². The molecule has 1 rings (SSSR count). The summed E-state index contributed by atoms with van der Waals surface area (Å²) in [5, 5.41) is 20.5. The minimum absolute atomic E-state index is 0.00264. The number of nitro groups is 1. The summed E-state index contributed by atoms with van der Waals surface area (Å²) in [5.41, 5.74) is 1.98. The Labute approximate surface area is 107 Å². The molecule has 1 aromatic carbocycles. The molecule has 0 aliphatic carbocycles. The molecule has 0 spiro atoms. The van der Waals surface area contributed by atoms with Gasteiger partial charge in [0.2, 0.25) is 0 Å². The van der Waals surface area contributed by atoms with Crippen LogP contribution in [-0.2, 0) is 0 Å². The molecule has 1 N–H and O–H groups in total. The molecule has 0 aromatic heterocycles. The molecule has 98 valence electrons. The summed E-state index contributed by atoms with van der Waals surface area (Å²) in [6, 6.07) is 4.76. The van der Waals surface area contributed by atoms with Crippen molar-refractivity contribution in [2.45, 2.75) is 20.0 Å². The van der Waals surface area contributed by atoms with E-state index in [-0.39, 0.29) is 5.69 Å². The largest absolute Gasteiger partial charge is 0.389 e. The van der Waals surface area contributed by atoms with Crippen LogP contribution in [0.5, 0.6) is 0 Å². The van der Waals surface area contributed by atoms with Gasteiger partial charge in [0.25, 0.3) is 5.69 Å². The fraction of sp³-hybridized carbons (Fsp3) is 0.385. The Kier molecular flexibility index (Phi) is 4.44. The zero-order valence-electron chi connectivity index (χ0n) is 10.9. The molecule has 5 nitrogen and oxygen atoms in total. The van der Waals surface area contributed by atoms with Crippen molar-refractivity contribution in [1.29, 1.82) is 0 Å². The lowest BCUT2D eigenvalue weighted by atomic mass is 10.1. The molecule has 0 radical (unpaired) electrons. The highest BCUT2D eigenvalue weighted by Gasteiger charge is 2.19. The summed E-state index contributed by atoms with van der Waals surface area (Å²) < 4.78 is 0. The number of hydrogen-bond acceptors (Lipinski definition) is 4. The highest BCUT2D eigenvalue weighted by molar-refractivity contribution is 5.64. The molecule has 5 heteroatoms. The third kappa shape index (κ3) is 3.30. The van der Waals surface area contributed by atoms with Gasteiger partial charge in [-0.25, -0.2) is 0 Å². The van der Waals surface area contributed by atoms with Gasteiger partial charge in [0.05, 0.1) is 11.0 Å². The maximum Gasteiger partial charge on any atom is 0.292 e. The van der Waals surface area contributed by atoms with Crippen LogP contribution in [0.1, 0.15) is 25.5 Å². The SMILES string of the molecule is C=C(C)CN(C)c1ccc([C@@H](C)O)cc1[N+](=O)[O-]. The van der Waals surface area contributed by atoms with E-state index in [2.05, 4.69) is 6.58 Å². The van der Waals surface area contributed by atoms with Crippen molar-refractivity contribution in [1.82, 2.24) is 0 Å². The Morgan fingerprint density at radius 1 is 1.61 bits per heavy atom. The van der Waals surface area contributed by atoms with Gasteiger partial charge < -0.3 is 10.0 Å². The maximum absolute atomic E-state index is 11.1. The number of rotatable bonds is 5. The number of nitro benzene ring substituents is 1. The number of hydrogen-bond donors (Lipinski definition) is 1. The van der Waals surface area contributed by atoms with E-state index in [0.717, 1.165) is 5.57 Å². The van der Waals surface area contributed by atoms with E-state index in [1.54, 1.807) is 31.0 Å². The summed E-state index contributed by atoms with van der Waals surface area (Å²) in [4.78, 5) is 12.4. The minimum Gasteiger partial charge on any atom is -0.389 e. The van der Waals surface area contributed by atoms with Crippen LogP contribution in [-0.4, -0.2) is 23.6 Å². The molecular formula is C13H18N2O3. The van der Waals surface area contributed by atoms with E-state index in [9.17, 15) is 15.2 Å². The number of likely N-dealkylation sites (N-methyl/N-ethyl adjacent to an activating group) is 1. The Bertz CT molecular complexity index is 469. The minimum atomic E-state index is -0.718. The molecule has 18 heavy (non-hydrogen) atoms. The molecule has 0 amide bonds. The Morgan fingerprint density at radius 3 is 2.67 bits per heavy atom. The van der Waals surface area contributed by atoms with Crippen LogP contribution in [0, 0.1) is 10.1 Å². The zero-order valence-corrected chi connectivity index (χ0v) is 10.9. The molecule has 0 aliphatic heterocycles. The molecule has 0 heterocycles. The first-order chi connectivity index (χ1) is 8.32. The quantitative estimate of drug-likeness (QED) is 0.495. The number of aliphatic hydroxyl groups is 1. The fourth-order valence-corrected chi connectivity index (χ4v) is 1.76. The maximum atomic E-state index is 11.1. The van der Waals surface area contributed by atoms with E-state index >= 15 is 0 Å². The number of benzene rings is 1. The van der Waals surface area contributed by atoms with Crippen LogP contribution in [0.4, 0.5) is 11.4 Å². The molecule has 1 aromatic rings. The van der Waals surface area contributed by atoms with Gasteiger partial charge >= 0.3 is 0 Å². The third-order valence-corrected chi connectivity index (χ3v) is 2.60. The summed E-state index contributed by atoms with van der Waals surface area (Å²) in [7, 11) is 1.78. The molecule has 0 saturated carbocycles. The van der Waals surface area contributed by atoms with Crippen LogP contribution in [0.3, 0.4) is 0 Å². The molecule has 0 aliphatic rings. The van der Waals surface area contributed by atoms with Gasteiger partial charge in [0.15, 0.2) is 0 Å². The van der Waals surface area contributed by atoms with Gasteiger partial charge in [-0.1, -0.05) is 18.2 Å². The van der Waals surface area contributed by atoms with E-state index in [0.29, 0.717) is 17.8 Å². The average Bonchev–Trinajstić information content (AvgIpc) is 2.26. The normalized spacial score (nSPS) is 12.0. The molecular weight excluding hydrogens is 232 g/mol. The van der Waals surface area contributed by atoms with Crippen LogP contribution >= 0.6 is 0 Å². The van der Waals surface area contributed by atoms with Crippen molar-refractivity contribution in [2.24, 2.45) is 0 Å². The highest BCUT2D eigenvalue weighted by atomic mass is 16.6. The van der Waals surface area contributed by atoms with Crippen molar-refractivity contribution in [2.75, 3.05) is 18.5 Å². The zero-order chi connectivity index (χ0) is 13.9. The summed E-state index contributed by atoms with van der Waals surface area (Å²) in [5.74, 6) is 0. The van der Waals surface area contributed by atoms with Crippen LogP contribution in [0.15, 0.2) is 30.4 Å². The third-order valence-electron chi connectivity index (χ3n) is 2.60. The van der Waals surface area contributed by atoms with Gasteiger partial charge in [-0.15, -0.1) is 0 Å². The smallest absolute Gasteiger partial charge is 0.292 e. The van der Waals surface area contributed by atoms with E-state index in [1.165, 1.54) is 6.07 Å². The van der Waals surface area contributed by atoms with Crippen LogP contribution < -0.4 is 4.90 Å². The first kappa shape index (κ1) is 14.2. The number of anilines is 1. The van der Waals surface area contributed by atoms with Crippen molar-refractivity contribution >= 4 is 11.4 Å². The predicted molar refractivity (Wildman–Crippen MR) is 71.8 cm³/mol. The second kappa shape index (κ2) is 5.64. The Balaban J connectivity index is 3.19. The van der Waals surface area contributed by atoms with Gasteiger partial charge in [-0.2, -0.15) is 0 Å². The van der Waals surface area contributed by atoms with Crippen molar-refractivity contribution in [3.63, 3.8) is 0 Å². The summed E-state index contributed by atoms with van der Waals surface area (Å²) in [6.07, 6.45) is -0.718. The van der Waals surface area contributed by atoms with Crippen molar-refractivity contribution < 1.29 is 10.0 Å². The van der Waals surface area contributed by atoms with Crippen LogP contribution in [0.2, 0.25) is 0 Å². The van der Waals surface area contributed by atoms with Crippen molar-refractivity contribution in [3.05, 3.63) is 46.0 Å². The highest BCUT2D eigenvalue weighted by Crippen LogP contribution is 2.30. The second-order valence-corrected chi connectivity index (χ2v) is 4.49. The van der Waals surface area contributed by atoms with Gasteiger partial charge in [-0.3, -0.25) is 10.1 Å². The fourth-order valence-electron chi connectivity index (χ4n) is 1.76. The van der Waals surface area contributed by atoms with Crippen LogP contribution in [0.25, 0.3) is 0 Å². The summed E-state index contributed by atoms with van der Waals surface area (Å²) in [6.45, 7) is 7.79. The average molecular weight is 250 g/mol. The monoisotopic (exact) mass is 250 g/mol. The van der Waals surface area contributed by atoms with Gasteiger partial charge in [0, 0.05) is 19.7 Å². The topological polar surface area (TPSA) is 66.6 Å². The first-order valence-corrected chi connectivity index (χ1v) is 5.65. The summed E-state index contributed by atoms with van der Waals surface area (Å²) >= 11 is 0. The molecule has 0 bridgehead atoms. The standard InChI is InChI=1S/C13H18N2O3/c1-9(2)8-14(4)12-6-5-11(10(3)16)7-13(12)15(17)18/h5-7,10,16H,1,8H2,2-4H3/t10-/m1/s1. The molecule has 1 atom stereocenters. The van der Waals surface area contributed by atoms with E-state index in [1.807, 2.05) is 6.92 Å². The lowest BCUT2D eigenvalue weighted by Gasteiger charge is -2.19. The Morgan fingerprint density at radius 2 is 2.22 bits per heavy atom. The van der Waals surface area contributed by atoms with Gasteiger partial charge in [0.1, 0.15) is 5.69 Å². The molecule has 0 saturated heterocycles. The molecule has 0 unspecified atom stereocenters. The first-order valence-electron chi connectivity index (χ1n) is 5.65. The lowest BCUT2D eigenvalue weighted by molar-refractivity contribution is -0.384. The van der Waals surface area contributed by atoms with Gasteiger partial charge in [-0.05, 0) is 25.5 Å². The lowest BCUT2D eigenvalue weighted by Crippen LogP contribution is -2.20. The Hall–Kier alpha value is -1.88. The number of aliphatic hydroxyl groups excluding tert-OH is 1. The molecule has 0 fully saturated rings. The van der Waals surface area contributed by atoms with Crippen molar-refractivity contribution in [3.8, 4) is 0 Å². The second-order valence-electron chi connectivity index (χ2n) is 4.49. The van der Waals surface area contributed by atoms with E-state index in [4.69, 9.17) is 0 Å². The predicted octanol–water partition coefficient (Wildman–Crippen LogP) is 2.66.